The summed E-state index contributed by atoms with van der Waals surface area (Å²) >= 11 is 0. The maximum absolute atomic E-state index is 11.3. The van der Waals surface area contributed by atoms with Gasteiger partial charge in [-0.1, -0.05) is 97.8 Å². The molecule has 0 spiro atoms. The summed E-state index contributed by atoms with van der Waals surface area (Å²) in [5.74, 6) is -1.17. The second-order valence-corrected chi connectivity index (χ2v) is 9.30. The SMILES string of the molecule is CC(C)(CO)C(O)C(=O)NCCCO.CCCCCCCCCCCCCCCC(=O)O. The average molecular weight is 462 g/mol. The van der Waals surface area contributed by atoms with Gasteiger partial charge in [0, 0.05) is 25.0 Å². The summed E-state index contributed by atoms with van der Waals surface area (Å²) < 4.78 is 0. The fourth-order valence-electron chi connectivity index (χ4n) is 3.12. The van der Waals surface area contributed by atoms with Gasteiger partial charge in [0.05, 0.1) is 6.61 Å². The predicted octanol–water partition coefficient (Wildman–Crippen LogP) is 4.42. The summed E-state index contributed by atoms with van der Waals surface area (Å²) in [6.07, 6.45) is 16.5. The van der Waals surface area contributed by atoms with Crippen LogP contribution in [-0.4, -0.2) is 58.2 Å². The van der Waals surface area contributed by atoms with Gasteiger partial charge in [-0.15, -0.1) is 0 Å². The van der Waals surface area contributed by atoms with Crippen molar-refractivity contribution in [3.8, 4) is 0 Å². The Hall–Kier alpha value is -1.18. The van der Waals surface area contributed by atoms with Gasteiger partial charge in [-0.3, -0.25) is 9.59 Å². The third-order valence-corrected chi connectivity index (χ3v) is 5.52. The molecule has 0 aliphatic carbocycles. The van der Waals surface area contributed by atoms with Crippen molar-refractivity contribution < 1.29 is 30.0 Å². The molecule has 0 saturated carbocycles. The number of rotatable bonds is 20. The molecule has 0 radical (unpaired) electrons. The number of hydrogen-bond acceptors (Lipinski definition) is 5. The molecule has 5 N–H and O–H groups in total. The van der Waals surface area contributed by atoms with Gasteiger partial charge in [0.25, 0.3) is 0 Å². The third kappa shape index (κ3) is 22.0. The first kappa shape index (κ1) is 33.0. The minimum absolute atomic E-state index is 0.000230. The first-order chi connectivity index (χ1) is 15.2. The van der Waals surface area contributed by atoms with E-state index < -0.39 is 23.4 Å². The molecular formula is C25H51NO6. The lowest BCUT2D eigenvalue weighted by atomic mass is 9.87. The van der Waals surface area contributed by atoms with Gasteiger partial charge in [-0.25, -0.2) is 0 Å². The van der Waals surface area contributed by atoms with Crippen LogP contribution in [-0.2, 0) is 9.59 Å². The highest BCUT2D eigenvalue weighted by Crippen LogP contribution is 2.19. The Kier molecular flexibility index (Phi) is 23.7. The number of carboxylic acid groups (broad SMARTS) is 1. The predicted molar refractivity (Wildman–Crippen MR) is 130 cm³/mol. The van der Waals surface area contributed by atoms with Crippen molar-refractivity contribution >= 4 is 11.9 Å². The van der Waals surface area contributed by atoms with Crippen LogP contribution < -0.4 is 5.32 Å². The monoisotopic (exact) mass is 461 g/mol. The number of unbranched alkanes of at least 4 members (excludes halogenated alkanes) is 12. The van der Waals surface area contributed by atoms with Gasteiger partial charge in [-0.2, -0.15) is 0 Å². The molecule has 7 heteroatoms. The van der Waals surface area contributed by atoms with Crippen molar-refractivity contribution in [1.29, 1.82) is 0 Å². The fraction of sp³-hybridized carbons (Fsp3) is 0.920. The fourth-order valence-corrected chi connectivity index (χ4v) is 3.12. The Bertz CT molecular complexity index is 442. The van der Waals surface area contributed by atoms with E-state index in [2.05, 4.69) is 12.2 Å². The molecule has 192 valence electrons. The minimum atomic E-state index is -1.23. The molecule has 1 atom stereocenters. The Morgan fingerprint density at radius 3 is 1.59 bits per heavy atom. The highest BCUT2D eigenvalue weighted by Gasteiger charge is 2.32. The number of nitrogens with one attached hydrogen (secondary N) is 1. The molecule has 7 nitrogen and oxygen atoms in total. The van der Waals surface area contributed by atoms with Crippen LogP contribution in [0.1, 0.15) is 117 Å². The zero-order valence-corrected chi connectivity index (χ0v) is 20.9. The Balaban J connectivity index is 0. The van der Waals surface area contributed by atoms with E-state index in [1.54, 1.807) is 13.8 Å². The van der Waals surface area contributed by atoms with E-state index in [0.29, 0.717) is 19.4 Å². The van der Waals surface area contributed by atoms with Crippen LogP contribution in [0.25, 0.3) is 0 Å². The van der Waals surface area contributed by atoms with Crippen LogP contribution in [0.4, 0.5) is 0 Å². The van der Waals surface area contributed by atoms with Crippen LogP contribution in [0, 0.1) is 5.41 Å². The zero-order chi connectivity index (χ0) is 24.7. The smallest absolute Gasteiger partial charge is 0.303 e. The Morgan fingerprint density at radius 1 is 0.781 bits per heavy atom. The van der Waals surface area contributed by atoms with E-state index in [4.69, 9.17) is 15.3 Å². The van der Waals surface area contributed by atoms with Gasteiger partial charge in [0.15, 0.2) is 0 Å². The second kappa shape index (κ2) is 23.0. The summed E-state index contributed by atoms with van der Waals surface area (Å²) in [4.78, 5) is 21.6. The molecule has 0 fully saturated rings. The number of amides is 1. The maximum atomic E-state index is 11.3. The van der Waals surface area contributed by atoms with E-state index in [9.17, 15) is 14.7 Å². The van der Waals surface area contributed by atoms with Crippen LogP contribution in [0.2, 0.25) is 0 Å². The molecule has 0 aromatic rings. The Morgan fingerprint density at radius 2 is 1.22 bits per heavy atom. The molecule has 0 rings (SSSR count). The Labute approximate surface area is 196 Å². The van der Waals surface area contributed by atoms with E-state index in [1.807, 2.05) is 0 Å². The van der Waals surface area contributed by atoms with Crippen LogP contribution in [0.3, 0.4) is 0 Å². The maximum Gasteiger partial charge on any atom is 0.303 e. The van der Waals surface area contributed by atoms with E-state index in [1.165, 1.54) is 70.6 Å². The van der Waals surface area contributed by atoms with Gasteiger partial charge in [0.2, 0.25) is 5.91 Å². The van der Waals surface area contributed by atoms with E-state index in [-0.39, 0.29) is 13.2 Å². The molecule has 32 heavy (non-hydrogen) atoms. The third-order valence-electron chi connectivity index (χ3n) is 5.52. The summed E-state index contributed by atoms with van der Waals surface area (Å²) in [6, 6.07) is 0. The molecule has 1 amide bonds. The van der Waals surface area contributed by atoms with Gasteiger partial charge < -0.3 is 25.7 Å². The summed E-state index contributed by atoms with van der Waals surface area (Å²) in [7, 11) is 0. The lowest BCUT2D eigenvalue weighted by molar-refractivity contribution is -0.137. The van der Waals surface area contributed by atoms with Gasteiger partial charge in [-0.05, 0) is 12.8 Å². The number of carbonyl (C=O) groups is 2. The van der Waals surface area contributed by atoms with E-state index >= 15 is 0 Å². The van der Waals surface area contributed by atoms with Crippen molar-refractivity contribution in [2.75, 3.05) is 19.8 Å². The number of hydrogen-bond donors (Lipinski definition) is 5. The normalized spacial score (nSPS) is 12.1. The van der Waals surface area contributed by atoms with Crippen molar-refractivity contribution in [1.82, 2.24) is 5.32 Å². The number of aliphatic hydroxyl groups excluding tert-OH is 3. The minimum Gasteiger partial charge on any atom is -0.481 e. The lowest BCUT2D eigenvalue weighted by Gasteiger charge is -2.27. The second-order valence-electron chi connectivity index (χ2n) is 9.30. The van der Waals surface area contributed by atoms with Gasteiger partial charge >= 0.3 is 5.97 Å². The standard InChI is InChI=1S/C16H32O2.C9H19NO4/c1-2-3-4-5-6-7-8-9-10-11-12-13-14-15-16(17)18;1-9(2,6-12)7(13)8(14)10-4-3-5-11/h2-15H2,1H3,(H,17,18);7,11-13H,3-6H2,1-2H3,(H,10,14). The largest absolute Gasteiger partial charge is 0.481 e. The van der Waals surface area contributed by atoms with Gasteiger partial charge in [0.1, 0.15) is 6.10 Å². The number of aliphatic carboxylic acids is 1. The molecule has 0 saturated heterocycles. The molecule has 0 aromatic carbocycles. The van der Waals surface area contributed by atoms with Crippen molar-refractivity contribution in [2.24, 2.45) is 5.41 Å². The van der Waals surface area contributed by atoms with Crippen LogP contribution in [0.15, 0.2) is 0 Å². The lowest BCUT2D eigenvalue weighted by Crippen LogP contribution is -2.45. The average Bonchev–Trinajstić information content (AvgIpc) is 2.76. The number of carboxylic acids is 1. The number of carbonyl (C=O) groups excluding carboxylic acids is 1. The van der Waals surface area contributed by atoms with E-state index in [0.717, 1.165) is 12.8 Å². The highest BCUT2D eigenvalue weighted by atomic mass is 16.4. The molecule has 1 unspecified atom stereocenters. The van der Waals surface area contributed by atoms with Crippen LogP contribution >= 0.6 is 0 Å². The van der Waals surface area contributed by atoms with Crippen molar-refractivity contribution in [3.63, 3.8) is 0 Å². The molecular weight excluding hydrogens is 410 g/mol. The topological polar surface area (TPSA) is 127 Å². The first-order valence-electron chi connectivity index (χ1n) is 12.6. The number of aliphatic hydroxyl groups is 3. The zero-order valence-electron chi connectivity index (χ0n) is 20.9. The summed E-state index contributed by atoms with van der Waals surface area (Å²) in [5, 5.41) is 37.8. The molecule has 0 aromatic heterocycles. The molecule has 0 bridgehead atoms. The molecule has 0 heterocycles. The first-order valence-corrected chi connectivity index (χ1v) is 12.6. The van der Waals surface area contributed by atoms with Crippen LogP contribution in [0.5, 0.6) is 0 Å². The highest BCUT2D eigenvalue weighted by molar-refractivity contribution is 5.81. The van der Waals surface area contributed by atoms with Crippen molar-refractivity contribution in [3.05, 3.63) is 0 Å². The summed E-state index contributed by atoms with van der Waals surface area (Å²) in [5.41, 5.74) is -0.844. The molecule has 0 aliphatic rings. The quantitative estimate of drug-likeness (QED) is 0.171. The van der Waals surface area contributed by atoms with Crippen molar-refractivity contribution in [2.45, 2.75) is 123 Å². The molecule has 0 aliphatic heterocycles. The summed E-state index contributed by atoms with van der Waals surface area (Å²) in [6.45, 7) is 5.53.